The minimum absolute atomic E-state index is 0.0447. The van der Waals surface area contributed by atoms with Gasteiger partial charge < -0.3 is 15.0 Å². The second-order valence-electron chi connectivity index (χ2n) is 5.41. The maximum atomic E-state index is 12.0. The van der Waals surface area contributed by atoms with E-state index < -0.39 is 4.92 Å². The molecular formula is C15H19N3O5. The van der Waals surface area contributed by atoms with E-state index in [0.29, 0.717) is 31.1 Å². The number of methoxy groups -OCH3 is 1. The molecule has 0 atom stereocenters. The summed E-state index contributed by atoms with van der Waals surface area (Å²) in [4.78, 5) is 35.1. The van der Waals surface area contributed by atoms with Crippen LogP contribution >= 0.6 is 0 Å². The van der Waals surface area contributed by atoms with Crippen LogP contribution < -0.4 is 5.32 Å². The number of hydrogen-bond acceptors (Lipinski definition) is 5. The van der Waals surface area contributed by atoms with E-state index in [4.69, 9.17) is 0 Å². The molecule has 0 saturated carbocycles. The van der Waals surface area contributed by atoms with Crippen molar-refractivity contribution in [3.8, 4) is 0 Å². The van der Waals surface area contributed by atoms with Crippen LogP contribution in [0.25, 0.3) is 0 Å². The Morgan fingerprint density at radius 1 is 1.30 bits per heavy atom. The summed E-state index contributed by atoms with van der Waals surface area (Å²) in [5.41, 5.74) is 0.347. The van der Waals surface area contributed by atoms with Gasteiger partial charge in [0, 0.05) is 37.3 Å². The lowest BCUT2D eigenvalue weighted by Gasteiger charge is -2.30. The number of piperidine rings is 1. The zero-order valence-electron chi connectivity index (χ0n) is 12.9. The van der Waals surface area contributed by atoms with E-state index in [9.17, 15) is 19.7 Å². The van der Waals surface area contributed by atoms with Gasteiger partial charge in [0.15, 0.2) is 0 Å². The second kappa shape index (κ2) is 7.57. The van der Waals surface area contributed by atoms with E-state index in [0.717, 1.165) is 12.8 Å². The Hall–Kier alpha value is -2.64. The molecule has 124 valence electrons. The van der Waals surface area contributed by atoms with Gasteiger partial charge in [-0.1, -0.05) is 0 Å². The van der Waals surface area contributed by atoms with Crippen LogP contribution in [0.4, 0.5) is 10.5 Å². The van der Waals surface area contributed by atoms with Gasteiger partial charge in [0.1, 0.15) is 0 Å². The van der Waals surface area contributed by atoms with Gasteiger partial charge in [-0.3, -0.25) is 14.9 Å². The number of carbonyl (C=O) groups is 2. The fourth-order valence-electron chi connectivity index (χ4n) is 2.52. The van der Waals surface area contributed by atoms with Crippen molar-refractivity contribution in [2.24, 2.45) is 5.92 Å². The molecule has 1 aromatic carbocycles. The summed E-state index contributed by atoms with van der Waals surface area (Å²) in [5.74, 6) is 0.0493. The molecule has 23 heavy (non-hydrogen) atoms. The normalized spacial score (nSPS) is 15.1. The first-order valence-corrected chi connectivity index (χ1v) is 7.37. The highest BCUT2D eigenvalue weighted by atomic mass is 16.6. The summed E-state index contributed by atoms with van der Waals surface area (Å²) < 4.78 is 4.68. The summed E-state index contributed by atoms with van der Waals surface area (Å²) in [7, 11) is 1.36. The fraction of sp³-hybridized carbons (Fsp3) is 0.467. The molecule has 1 N–H and O–H groups in total. The number of hydrogen-bond donors (Lipinski definition) is 1. The second-order valence-corrected chi connectivity index (χ2v) is 5.41. The van der Waals surface area contributed by atoms with Gasteiger partial charge in [0.25, 0.3) is 11.6 Å². The van der Waals surface area contributed by atoms with Crippen LogP contribution in [0, 0.1) is 16.0 Å². The van der Waals surface area contributed by atoms with Crippen molar-refractivity contribution in [2.45, 2.75) is 12.8 Å². The van der Waals surface area contributed by atoms with Crippen LogP contribution in [-0.4, -0.2) is 48.6 Å². The molecule has 1 aromatic rings. The molecule has 0 spiro atoms. The number of rotatable bonds is 4. The number of nitrogens with zero attached hydrogens (tertiary/aromatic N) is 2. The first-order chi connectivity index (χ1) is 11.0. The zero-order chi connectivity index (χ0) is 16.8. The molecule has 0 radical (unpaired) electrons. The number of non-ortho nitro benzene ring substituents is 1. The molecule has 1 fully saturated rings. The summed E-state index contributed by atoms with van der Waals surface area (Å²) in [6.45, 7) is 1.75. The van der Waals surface area contributed by atoms with Crippen LogP contribution in [0.15, 0.2) is 24.3 Å². The van der Waals surface area contributed by atoms with Gasteiger partial charge in [-0.2, -0.15) is 0 Å². The third kappa shape index (κ3) is 4.41. The third-order valence-corrected chi connectivity index (χ3v) is 3.94. The molecule has 1 aliphatic heterocycles. The topological polar surface area (TPSA) is 102 Å². The molecule has 0 aliphatic carbocycles. The van der Waals surface area contributed by atoms with E-state index in [2.05, 4.69) is 10.1 Å². The van der Waals surface area contributed by atoms with Crippen LogP contribution in [0.5, 0.6) is 0 Å². The number of carbonyl (C=O) groups excluding carboxylic acids is 2. The van der Waals surface area contributed by atoms with E-state index in [1.807, 2.05) is 0 Å². The Morgan fingerprint density at radius 3 is 2.43 bits per heavy atom. The number of amides is 2. The number of likely N-dealkylation sites (tertiary alicyclic amines) is 1. The van der Waals surface area contributed by atoms with Gasteiger partial charge in [0.2, 0.25) is 0 Å². The molecule has 8 heteroatoms. The predicted octanol–water partition coefficient (Wildman–Crippen LogP) is 1.80. The Kier molecular flexibility index (Phi) is 5.51. The van der Waals surface area contributed by atoms with E-state index in [-0.39, 0.29) is 17.7 Å². The van der Waals surface area contributed by atoms with Crippen LogP contribution in [0.1, 0.15) is 23.2 Å². The first kappa shape index (κ1) is 16.7. The fourth-order valence-corrected chi connectivity index (χ4v) is 2.52. The molecule has 0 unspecified atom stereocenters. The molecule has 2 amide bonds. The van der Waals surface area contributed by atoms with Crippen molar-refractivity contribution in [1.29, 1.82) is 0 Å². The van der Waals surface area contributed by atoms with Gasteiger partial charge in [-0.25, -0.2) is 4.79 Å². The zero-order valence-corrected chi connectivity index (χ0v) is 12.9. The summed E-state index contributed by atoms with van der Waals surface area (Å²) in [6, 6.07) is 5.49. The lowest BCUT2D eigenvalue weighted by molar-refractivity contribution is -0.384. The van der Waals surface area contributed by atoms with Gasteiger partial charge in [-0.05, 0) is 30.9 Å². The average molecular weight is 321 g/mol. The van der Waals surface area contributed by atoms with Crippen LogP contribution in [0.3, 0.4) is 0 Å². The van der Waals surface area contributed by atoms with Crippen molar-refractivity contribution >= 4 is 17.7 Å². The van der Waals surface area contributed by atoms with Crippen molar-refractivity contribution in [1.82, 2.24) is 10.2 Å². The SMILES string of the molecule is COC(=O)N1CCC(CNC(=O)c2ccc([N+](=O)[O-])cc2)CC1. The van der Waals surface area contributed by atoms with E-state index in [1.54, 1.807) is 4.90 Å². The van der Waals surface area contributed by atoms with Gasteiger partial charge >= 0.3 is 6.09 Å². The van der Waals surface area contributed by atoms with Crippen LogP contribution in [0.2, 0.25) is 0 Å². The highest BCUT2D eigenvalue weighted by Crippen LogP contribution is 2.17. The smallest absolute Gasteiger partial charge is 0.409 e. The predicted molar refractivity (Wildman–Crippen MR) is 82.1 cm³/mol. The largest absolute Gasteiger partial charge is 0.453 e. The minimum atomic E-state index is -0.503. The monoisotopic (exact) mass is 321 g/mol. The molecule has 1 aliphatic rings. The standard InChI is InChI=1S/C15H19N3O5/c1-23-15(20)17-8-6-11(7-9-17)10-16-14(19)12-2-4-13(5-3-12)18(21)22/h2-5,11H,6-10H2,1H3,(H,16,19). The summed E-state index contributed by atoms with van der Waals surface area (Å²) in [6.07, 6.45) is 1.28. The first-order valence-electron chi connectivity index (χ1n) is 7.37. The Morgan fingerprint density at radius 2 is 1.91 bits per heavy atom. The highest BCUT2D eigenvalue weighted by molar-refractivity contribution is 5.94. The lowest BCUT2D eigenvalue weighted by Crippen LogP contribution is -2.41. The molecule has 8 nitrogen and oxygen atoms in total. The van der Waals surface area contributed by atoms with Crippen molar-refractivity contribution in [3.05, 3.63) is 39.9 Å². The van der Waals surface area contributed by atoms with Gasteiger partial charge in [0.05, 0.1) is 12.0 Å². The van der Waals surface area contributed by atoms with E-state index in [1.165, 1.54) is 31.4 Å². The number of nitro benzene ring substituents is 1. The van der Waals surface area contributed by atoms with Crippen molar-refractivity contribution in [3.63, 3.8) is 0 Å². The lowest BCUT2D eigenvalue weighted by atomic mass is 9.97. The summed E-state index contributed by atoms with van der Waals surface area (Å²) in [5, 5.41) is 13.4. The molecule has 1 heterocycles. The van der Waals surface area contributed by atoms with Crippen LogP contribution in [-0.2, 0) is 4.74 Å². The third-order valence-electron chi connectivity index (χ3n) is 3.94. The van der Waals surface area contributed by atoms with Crippen molar-refractivity contribution in [2.75, 3.05) is 26.7 Å². The van der Waals surface area contributed by atoms with E-state index >= 15 is 0 Å². The van der Waals surface area contributed by atoms with Gasteiger partial charge in [-0.15, -0.1) is 0 Å². The molecule has 0 bridgehead atoms. The molecule has 1 saturated heterocycles. The molecule has 0 aromatic heterocycles. The minimum Gasteiger partial charge on any atom is -0.453 e. The average Bonchev–Trinajstić information content (AvgIpc) is 2.59. The van der Waals surface area contributed by atoms with Crippen molar-refractivity contribution < 1.29 is 19.2 Å². The number of nitrogens with one attached hydrogen (secondary N) is 1. The Labute approximate surface area is 133 Å². The quantitative estimate of drug-likeness (QED) is 0.673. The number of benzene rings is 1. The maximum Gasteiger partial charge on any atom is 0.409 e. The molecular weight excluding hydrogens is 302 g/mol. The maximum absolute atomic E-state index is 12.0. The Balaban J connectivity index is 1.79. The number of nitro groups is 1. The summed E-state index contributed by atoms with van der Waals surface area (Å²) >= 11 is 0. The highest BCUT2D eigenvalue weighted by Gasteiger charge is 2.23. The molecule has 2 rings (SSSR count). The number of ether oxygens (including phenoxy) is 1. The Bertz CT molecular complexity index is 579.